The van der Waals surface area contributed by atoms with Gasteiger partial charge in [-0.1, -0.05) is 42.5 Å². The van der Waals surface area contributed by atoms with E-state index in [1.807, 2.05) is 53.8 Å². The van der Waals surface area contributed by atoms with Crippen LogP contribution >= 0.6 is 0 Å². The maximum atomic E-state index is 13.4. The van der Waals surface area contributed by atoms with Gasteiger partial charge in [0.2, 0.25) is 0 Å². The number of carbonyl (C=O) groups excluding carboxylic acids is 1. The second kappa shape index (κ2) is 8.84. The summed E-state index contributed by atoms with van der Waals surface area (Å²) in [6.07, 6.45) is 0.989. The second-order valence-electron chi connectivity index (χ2n) is 8.14. The highest BCUT2D eigenvalue weighted by Gasteiger charge is 2.26. The fourth-order valence-electron chi connectivity index (χ4n) is 4.29. The zero-order valence-corrected chi connectivity index (χ0v) is 18.1. The highest BCUT2D eigenvalue weighted by Crippen LogP contribution is 2.21. The third-order valence-electron chi connectivity index (χ3n) is 6.04. The molecule has 5 heteroatoms. The van der Waals surface area contributed by atoms with E-state index in [1.165, 1.54) is 11.1 Å². The smallest absolute Gasteiger partial charge is 0.257 e. The zero-order chi connectivity index (χ0) is 21.1. The first-order chi connectivity index (χ1) is 14.5. The van der Waals surface area contributed by atoms with Gasteiger partial charge in [0.1, 0.15) is 0 Å². The molecule has 0 radical (unpaired) electrons. The number of amides is 1. The van der Waals surface area contributed by atoms with Crippen molar-refractivity contribution in [2.24, 2.45) is 0 Å². The highest BCUT2D eigenvalue weighted by atomic mass is 16.2. The molecule has 1 aromatic heterocycles. The van der Waals surface area contributed by atoms with Crippen LogP contribution in [0, 0.1) is 20.8 Å². The van der Waals surface area contributed by atoms with E-state index in [4.69, 9.17) is 0 Å². The maximum Gasteiger partial charge on any atom is 0.257 e. The van der Waals surface area contributed by atoms with Crippen LogP contribution in [0.5, 0.6) is 0 Å². The number of carbonyl (C=O) groups is 1. The van der Waals surface area contributed by atoms with Crippen molar-refractivity contribution in [3.05, 3.63) is 82.7 Å². The quantitative estimate of drug-likeness (QED) is 0.658. The summed E-state index contributed by atoms with van der Waals surface area (Å²) in [5.41, 5.74) is 6.12. The number of benzene rings is 2. The molecule has 0 bridgehead atoms. The molecule has 2 heterocycles. The Morgan fingerprint density at radius 1 is 0.900 bits per heavy atom. The lowest BCUT2D eigenvalue weighted by molar-refractivity contribution is 0.0759. The Bertz CT molecular complexity index is 1020. The van der Waals surface area contributed by atoms with E-state index in [0.29, 0.717) is 0 Å². The van der Waals surface area contributed by atoms with Crippen LogP contribution in [0.25, 0.3) is 5.69 Å². The van der Waals surface area contributed by atoms with Gasteiger partial charge >= 0.3 is 0 Å². The Morgan fingerprint density at radius 2 is 1.63 bits per heavy atom. The third-order valence-corrected chi connectivity index (χ3v) is 6.04. The molecular formula is C25H30N4O. The molecule has 1 fully saturated rings. The monoisotopic (exact) mass is 402 g/mol. The van der Waals surface area contributed by atoms with Gasteiger partial charge in [-0.2, -0.15) is 5.10 Å². The molecule has 156 valence electrons. The molecule has 5 nitrogen and oxygen atoms in total. The fraction of sp³-hybridized carbons (Fsp3) is 0.360. The summed E-state index contributed by atoms with van der Waals surface area (Å²) in [5.74, 6) is 0.102. The first-order valence-electron chi connectivity index (χ1n) is 10.7. The topological polar surface area (TPSA) is 41.4 Å². The lowest BCUT2D eigenvalue weighted by Gasteiger charge is -2.23. The second-order valence-corrected chi connectivity index (χ2v) is 8.14. The molecular weight excluding hydrogens is 372 g/mol. The van der Waals surface area contributed by atoms with Gasteiger partial charge in [0, 0.05) is 32.7 Å². The van der Waals surface area contributed by atoms with E-state index in [2.05, 4.69) is 41.2 Å². The van der Waals surface area contributed by atoms with Crippen LogP contribution in [0.4, 0.5) is 0 Å². The molecule has 0 saturated carbocycles. The molecule has 3 aromatic rings. The lowest BCUT2D eigenvalue weighted by atomic mass is 10.1. The minimum atomic E-state index is 0.102. The van der Waals surface area contributed by atoms with Gasteiger partial charge in [0.25, 0.3) is 5.91 Å². The van der Waals surface area contributed by atoms with Crippen LogP contribution in [0.3, 0.4) is 0 Å². The molecule has 1 saturated heterocycles. The molecule has 0 unspecified atom stereocenters. The molecule has 1 aliphatic heterocycles. The minimum absolute atomic E-state index is 0.102. The number of para-hydroxylation sites is 1. The van der Waals surface area contributed by atoms with Crippen LogP contribution in [-0.2, 0) is 6.54 Å². The number of nitrogens with zero attached hydrogens (tertiary/aromatic N) is 4. The Balaban J connectivity index is 1.48. The van der Waals surface area contributed by atoms with Crippen molar-refractivity contribution in [3.8, 4) is 5.69 Å². The Labute approximate surface area is 178 Å². The van der Waals surface area contributed by atoms with Crippen molar-refractivity contribution in [2.75, 3.05) is 26.2 Å². The molecule has 1 aliphatic rings. The maximum absolute atomic E-state index is 13.4. The molecule has 0 aliphatic carbocycles. The summed E-state index contributed by atoms with van der Waals surface area (Å²) in [4.78, 5) is 17.9. The van der Waals surface area contributed by atoms with Gasteiger partial charge < -0.3 is 4.90 Å². The third kappa shape index (κ3) is 4.17. The summed E-state index contributed by atoms with van der Waals surface area (Å²) in [6, 6.07) is 18.6. The molecule has 30 heavy (non-hydrogen) atoms. The SMILES string of the molecule is Cc1ccccc1CN1CCCN(C(=O)c2c(C)nn(-c3ccccc3)c2C)CC1. The van der Waals surface area contributed by atoms with Gasteiger partial charge in [-0.3, -0.25) is 9.69 Å². The van der Waals surface area contributed by atoms with Gasteiger partial charge in [0.15, 0.2) is 0 Å². The molecule has 4 rings (SSSR count). The predicted molar refractivity (Wildman–Crippen MR) is 120 cm³/mol. The average molecular weight is 403 g/mol. The molecule has 0 N–H and O–H groups in total. The summed E-state index contributed by atoms with van der Waals surface area (Å²) >= 11 is 0. The van der Waals surface area contributed by atoms with E-state index < -0.39 is 0 Å². The number of hydrogen-bond acceptors (Lipinski definition) is 3. The minimum Gasteiger partial charge on any atom is -0.337 e. The fourth-order valence-corrected chi connectivity index (χ4v) is 4.29. The zero-order valence-electron chi connectivity index (χ0n) is 18.1. The summed E-state index contributed by atoms with van der Waals surface area (Å²) in [6.45, 7) is 10.5. The number of rotatable bonds is 4. The Morgan fingerprint density at radius 3 is 2.40 bits per heavy atom. The van der Waals surface area contributed by atoms with E-state index in [9.17, 15) is 4.79 Å². The van der Waals surface area contributed by atoms with Crippen LogP contribution in [0.2, 0.25) is 0 Å². The average Bonchev–Trinajstić information content (AvgIpc) is 2.91. The van der Waals surface area contributed by atoms with Crippen molar-refractivity contribution in [1.82, 2.24) is 19.6 Å². The van der Waals surface area contributed by atoms with E-state index >= 15 is 0 Å². The predicted octanol–water partition coefficient (Wildman–Crippen LogP) is 4.15. The normalized spacial score (nSPS) is 15.2. The van der Waals surface area contributed by atoms with Crippen molar-refractivity contribution in [1.29, 1.82) is 0 Å². The summed E-state index contributed by atoms with van der Waals surface area (Å²) < 4.78 is 1.88. The number of aromatic nitrogens is 2. The Hall–Kier alpha value is -2.92. The Kier molecular flexibility index (Phi) is 6.00. The van der Waals surface area contributed by atoms with Crippen molar-refractivity contribution >= 4 is 5.91 Å². The van der Waals surface area contributed by atoms with Gasteiger partial charge in [-0.15, -0.1) is 0 Å². The van der Waals surface area contributed by atoms with E-state index in [-0.39, 0.29) is 5.91 Å². The van der Waals surface area contributed by atoms with Crippen molar-refractivity contribution in [2.45, 2.75) is 33.7 Å². The van der Waals surface area contributed by atoms with Gasteiger partial charge in [-0.05, 0) is 50.5 Å². The van der Waals surface area contributed by atoms with E-state index in [1.54, 1.807) is 0 Å². The van der Waals surface area contributed by atoms with E-state index in [0.717, 1.165) is 61.8 Å². The standard InChI is InChI=1S/C25H30N4O/c1-19-10-7-8-11-22(19)18-27-14-9-15-28(17-16-27)25(30)24-20(2)26-29(21(24)3)23-12-5-4-6-13-23/h4-8,10-13H,9,14-18H2,1-3H3. The number of aryl methyl sites for hydroxylation is 2. The van der Waals surface area contributed by atoms with Crippen molar-refractivity contribution < 1.29 is 4.79 Å². The lowest BCUT2D eigenvalue weighted by Crippen LogP contribution is -2.35. The first kappa shape index (κ1) is 20.4. The van der Waals surface area contributed by atoms with Crippen LogP contribution in [-0.4, -0.2) is 51.7 Å². The van der Waals surface area contributed by atoms with Crippen LogP contribution < -0.4 is 0 Å². The van der Waals surface area contributed by atoms with Crippen LogP contribution in [0.1, 0.15) is 39.3 Å². The molecule has 0 atom stereocenters. The first-order valence-corrected chi connectivity index (χ1v) is 10.7. The van der Waals surface area contributed by atoms with Gasteiger partial charge in [-0.25, -0.2) is 4.68 Å². The summed E-state index contributed by atoms with van der Waals surface area (Å²) in [5, 5.41) is 4.66. The van der Waals surface area contributed by atoms with Gasteiger partial charge in [0.05, 0.1) is 22.6 Å². The molecule has 2 aromatic carbocycles. The highest BCUT2D eigenvalue weighted by molar-refractivity contribution is 5.96. The molecule has 1 amide bonds. The van der Waals surface area contributed by atoms with Crippen LogP contribution in [0.15, 0.2) is 54.6 Å². The van der Waals surface area contributed by atoms with Crippen molar-refractivity contribution in [3.63, 3.8) is 0 Å². The summed E-state index contributed by atoms with van der Waals surface area (Å²) in [7, 11) is 0. The molecule has 0 spiro atoms. The largest absolute Gasteiger partial charge is 0.337 e. The number of hydrogen-bond donors (Lipinski definition) is 0.